The number of hydrogen-bond acceptors (Lipinski definition) is 2. The monoisotopic (exact) mass is 279 g/mol. The van der Waals surface area contributed by atoms with E-state index in [4.69, 9.17) is 4.74 Å². The second-order valence-corrected chi connectivity index (χ2v) is 4.53. The van der Waals surface area contributed by atoms with E-state index in [1.165, 1.54) is 12.0 Å². The van der Waals surface area contributed by atoms with Crippen LogP contribution in [0.3, 0.4) is 0 Å². The molecule has 0 spiro atoms. The zero-order valence-electron chi connectivity index (χ0n) is 12.1. The van der Waals surface area contributed by atoms with Gasteiger partial charge in [0, 0.05) is 11.6 Å². The maximum Gasteiger partial charge on any atom is 0.421 e. The van der Waals surface area contributed by atoms with Crippen molar-refractivity contribution < 1.29 is 9.53 Å². The molecule has 106 valence electrons. The first-order chi connectivity index (χ1) is 10.2. The largest absolute Gasteiger partial charge is 0.452 e. The Hall–Kier alpha value is -2.73. The van der Waals surface area contributed by atoms with Crippen molar-refractivity contribution in [2.75, 3.05) is 7.11 Å². The highest BCUT2D eigenvalue weighted by Gasteiger charge is 2.20. The Balaban J connectivity index is 2.28. The van der Waals surface area contributed by atoms with E-state index in [-0.39, 0.29) is 6.04 Å². The van der Waals surface area contributed by atoms with Crippen LogP contribution in [-0.4, -0.2) is 18.1 Å². The van der Waals surface area contributed by atoms with Crippen molar-refractivity contribution in [1.29, 1.82) is 0 Å². The standard InChI is InChI=1S/C18H17NO2/c1-15(17-11-7-4-8-12-17)19(18(20)21-2)14-13-16-9-5-3-6-10-16/h3-12,15H,1-2H3/t15-/m0/s1. The number of ether oxygens (including phenoxy) is 1. The second kappa shape index (κ2) is 7.16. The zero-order chi connectivity index (χ0) is 15.1. The third-order valence-electron chi connectivity index (χ3n) is 3.14. The molecule has 0 heterocycles. The number of amides is 1. The molecular weight excluding hydrogens is 262 g/mol. The third-order valence-corrected chi connectivity index (χ3v) is 3.14. The number of carbonyl (C=O) groups is 1. The molecule has 2 aromatic carbocycles. The molecule has 0 aliphatic carbocycles. The molecule has 0 saturated carbocycles. The first-order valence-electron chi connectivity index (χ1n) is 6.71. The van der Waals surface area contributed by atoms with Crippen LogP contribution in [0.5, 0.6) is 0 Å². The minimum atomic E-state index is -0.463. The molecule has 2 rings (SSSR count). The van der Waals surface area contributed by atoms with Crippen LogP contribution in [0.15, 0.2) is 60.7 Å². The molecule has 0 fully saturated rings. The molecule has 0 bridgehead atoms. The minimum absolute atomic E-state index is 0.185. The van der Waals surface area contributed by atoms with Crippen LogP contribution in [0.2, 0.25) is 0 Å². The Morgan fingerprint density at radius 3 is 2.19 bits per heavy atom. The van der Waals surface area contributed by atoms with Gasteiger partial charge in [0.1, 0.15) is 0 Å². The number of methoxy groups -OCH3 is 1. The van der Waals surface area contributed by atoms with Crippen LogP contribution in [0, 0.1) is 12.0 Å². The predicted molar refractivity (Wildman–Crippen MR) is 82.4 cm³/mol. The maximum atomic E-state index is 11.9. The van der Waals surface area contributed by atoms with E-state index in [1.54, 1.807) is 0 Å². The number of rotatable bonds is 2. The van der Waals surface area contributed by atoms with Crippen molar-refractivity contribution >= 4 is 6.09 Å². The molecule has 0 aliphatic heterocycles. The van der Waals surface area contributed by atoms with Gasteiger partial charge in [-0.1, -0.05) is 48.5 Å². The van der Waals surface area contributed by atoms with Crippen molar-refractivity contribution in [3.63, 3.8) is 0 Å². The Bertz CT molecular complexity index is 641. The normalized spacial score (nSPS) is 11.0. The van der Waals surface area contributed by atoms with Gasteiger partial charge in [-0.05, 0) is 30.5 Å². The molecule has 0 N–H and O–H groups in total. The van der Waals surface area contributed by atoms with Crippen LogP contribution < -0.4 is 0 Å². The van der Waals surface area contributed by atoms with Gasteiger partial charge in [-0.3, -0.25) is 0 Å². The van der Waals surface area contributed by atoms with E-state index in [9.17, 15) is 4.79 Å². The Morgan fingerprint density at radius 2 is 1.62 bits per heavy atom. The highest BCUT2D eigenvalue weighted by atomic mass is 16.5. The summed E-state index contributed by atoms with van der Waals surface area (Å²) in [6.45, 7) is 1.92. The molecule has 0 radical (unpaired) electrons. The summed E-state index contributed by atoms with van der Waals surface area (Å²) in [6, 6.07) is 22.0. The van der Waals surface area contributed by atoms with Gasteiger partial charge in [0.05, 0.1) is 13.2 Å². The summed E-state index contributed by atoms with van der Waals surface area (Å²) in [5.74, 6) is 2.99. The van der Waals surface area contributed by atoms with Gasteiger partial charge < -0.3 is 4.74 Å². The molecular formula is C18H17NO2. The van der Waals surface area contributed by atoms with Crippen LogP contribution in [0.25, 0.3) is 0 Å². The lowest BCUT2D eigenvalue weighted by atomic mass is 10.1. The van der Waals surface area contributed by atoms with Gasteiger partial charge in [-0.2, -0.15) is 0 Å². The maximum absolute atomic E-state index is 11.9. The minimum Gasteiger partial charge on any atom is -0.452 e. The molecule has 0 aromatic heterocycles. The van der Waals surface area contributed by atoms with E-state index >= 15 is 0 Å². The van der Waals surface area contributed by atoms with Gasteiger partial charge in [-0.25, -0.2) is 9.69 Å². The summed E-state index contributed by atoms with van der Waals surface area (Å²) in [5, 5.41) is 0. The average molecular weight is 279 g/mol. The molecule has 0 unspecified atom stereocenters. The Labute approximate surface area is 125 Å². The van der Waals surface area contributed by atoms with Crippen LogP contribution in [0.4, 0.5) is 4.79 Å². The number of hydrogen-bond donors (Lipinski definition) is 0. The number of benzene rings is 2. The summed E-state index contributed by atoms with van der Waals surface area (Å²) < 4.78 is 4.83. The predicted octanol–water partition coefficient (Wildman–Crippen LogP) is 3.83. The van der Waals surface area contributed by atoms with Crippen LogP contribution in [-0.2, 0) is 4.74 Å². The van der Waals surface area contributed by atoms with Gasteiger partial charge >= 0.3 is 6.09 Å². The Morgan fingerprint density at radius 1 is 1.05 bits per heavy atom. The summed E-state index contributed by atoms with van der Waals surface area (Å²) in [7, 11) is 1.36. The Kier molecular flexibility index (Phi) is 5.00. The van der Waals surface area contributed by atoms with Crippen molar-refractivity contribution in [3.05, 3.63) is 71.8 Å². The highest BCUT2D eigenvalue weighted by molar-refractivity contribution is 5.70. The first kappa shape index (κ1) is 14.7. The summed E-state index contributed by atoms with van der Waals surface area (Å²) in [4.78, 5) is 13.4. The SMILES string of the molecule is COC(=O)N(C#Cc1ccccc1)[C@@H](C)c1ccccc1. The fraction of sp³-hybridized carbons (Fsp3) is 0.167. The molecule has 1 amide bonds. The van der Waals surface area contributed by atoms with E-state index in [0.717, 1.165) is 11.1 Å². The first-order valence-corrected chi connectivity index (χ1v) is 6.71. The molecule has 0 aliphatic rings. The topological polar surface area (TPSA) is 29.5 Å². The smallest absolute Gasteiger partial charge is 0.421 e. The van der Waals surface area contributed by atoms with E-state index < -0.39 is 6.09 Å². The van der Waals surface area contributed by atoms with Gasteiger partial charge in [-0.15, -0.1) is 0 Å². The lowest BCUT2D eigenvalue weighted by Crippen LogP contribution is -2.29. The fourth-order valence-electron chi connectivity index (χ4n) is 1.93. The van der Waals surface area contributed by atoms with Crippen molar-refractivity contribution in [3.8, 4) is 12.0 Å². The molecule has 2 aromatic rings. The van der Waals surface area contributed by atoms with Crippen molar-refractivity contribution in [1.82, 2.24) is 4.90 Å². The molecule has 3 nitrogen and oxygen atoms in total. The lowest BCUT2D eigenvalue weighted by molar-refractivity contribution is 0.132. The van der Waals surface area contributed by atoms with Crippen molar-refractivity contribution in [2.45, 2.75) is 13.0 Å². The number of carbonyl (C=O) groups excluding carboxylic acids is 1. The van der Waals surface area contributed by atoms with Gasteiger partial charge in [0.2, 0.25) is 0 Å². The molecule has 21 heavy (non-hydrogen) atoms. The number of nitrogens with zero attached hydrogens (tertiary/aromatic N) is 1. The van der Waals surface area contributed by atoms with E-state index in [0.29, 0.717) is 0 Å². The molecule has 3 heteroatoms. The summed E-state index contributed by atoms with van der Waals surface area (Å²) in [6.07, 6.45) is -0.463. The van der Waals surface area contributed by atoms with Crippen LogP contribution >= 0.6 is 0 Å². The molecule has 1 atom stereocenters. The zero-order valence-corrected chi connectivity index (χ0v) is 12.1. The second-order valence-electron chi connectivity index (χ2n) is 4.53. The van der Waals surface area contributed by atoms with E-state index in [2.05, 4.69) is 12.0 Å². The molecule has 0 saturated heterocycles. The quantitative estimate of drug-likeness (QED) is 0.617. The van der Waals surface area contributed by atoms with Gasteiger partial charge in [0.15, 0.2) is 0 Å². The summed E-state index contributed by atoms with van der Waals surface area (Å²) in [5.41, 5.74) is 1.86. The van der Waals surface area contributed by atoms with Gasteiger partial charge in [0.25, 0.3) is 0 Å². The van der Waals surface area contributed by atoms with E-state index in [1.807, 2.05) is 67.6 Å². The third kappa shape index (κ3) is 3.87. The lowest BCUT2D eigenvalue weighted by Gasteiger charge is -2.22. The summed E-state index contributed by atoms with van der Waals surface area (Å²) >= 11 is 0. The average Bonchev–Trinajstić information content (AvgIpc) is 2.56. The highest BCUT2D eigenvalue weighted by Crippen LogP contribution is 2.19. The fourth-order valence-corrected chi connectivity index (χ4v) is 1.93. The van der Waals surface area contributed by atoms with Crippen LogP contribution in [0.1, 0.15) is 24.1 Å². The van der Waals surface area contributed by atoms with Crippen molar-refractivity contribution in [2.24, 2.45) is 0 Å².